The molecule has 2 fully saturated rings. The number of aryl methyl sites for hydroxylation is 1. The second-order valence-corrected chi connectivity index (χ2v) is 8.86. The van der Waals surface area contributed by atoms with E-state index in [4.69, 9.17) is 11.6 Å². The number of likely N-dealkylation sites (tertiary alicyclic amines) is 1. The van der Waals surface area contributed by atoms with E-state index >= 15 is 0 Å². The first kappa shape index (κ1) is 20.4. The number of hydrogen-bond acceptors (Lipinski definition) is 4. The van der Waals surface area contributed by atoms with Gasteiger partial charge in [0.25, 0.3) is 5.91 Å². The number of alkyl halides is 3. The molecule has 0 radical (unpaired) electrons. The highest BCUT2D eigenvalue weighted by Crippen LogP contribution is 2.37. The molecular weight excluding hydrogens is 427 g/mol. The van der Waals surface area contributed by atoms with Crippen molar-refractivity contribution in [2.75, 3.05) is 39.3 Å². The molecule has 0 spiro atoms. The van der Waals surface area contributed by atoms with Crippen LogP contribution in [0.2, 0.25) is 5.02 Å². The van der Waals surface area contributed by atoms with Gasteiger partial charge in [0.1, 0.15) is 4.88 Å². The third-order valence-corrected chi connectivity index (χ3v) is 7.13. The molecular formula is C19H19ClF3N3O2S. The zero-order valence-corrected chi connectivity index (χ0v) is 17.2. The Hall–Kier alpha value is -1.84. The molecule has 1 aromatic heterocycles. The molecule has 0 N–H and O–H groups in total. The smallest absolute Gasteiger partial charge is 0.335 e. The van der Waals surface area contributed by atoms with Crippen molar-refractivity contribution < 1.29 is 22.8 Å². The van der Waals surface area contributed by atoms with Crippen molar-refractivity contribution in [3.63, 3.8) is 0 Å². The van der Waals surface area contributed by atoms with E-state index in [9.17, 15) is 22.8 Å². The number of carbonyl (C=O) groups is 2. The molecule has 1 aromatic carbocycles. The van der Waals surface area contributed by atoms with Gasteiger partial charge in [0.15, 0.2) is 0 Å². The summed E-state index contributed by atoms with van der Waals surface area (Å²) >= 11 is 7.80. The lowest BCUT2D eigenvalue weighted by Crippen LogP contribution is -2.64. The fourth-order valence-corrected chi connectivity index (χ4v) is 5.35. The van der Waals surface area contributed by atoms with Crippen LogP contribution in [0.4, 0.5) is 13.2 Å². The topological polar surface area (TPSA) is 43.9 Å². The third kappa shape index (κ3) is 3.83. The number of fused-ring (bicyclic) bond motifs is 1. The zero-order valence-electron chi connectivity index (χ0n) is 15.6. The monoisotopic (exact) mass is 445 g/mol. The van der Waals surface area contributed by atoms with Crippen molar-refractivity contribution in [1.29, 1.82) is 0 Å². The number of benzene rings is 1. The molecule has 0 atom stereocenters. The van der Waals surface area contributed by atoms with Gasteiger partial charge >= 0.3 is 12.1 Å². The maximum absolute atomic E-state index is 12.8. The van der Waals surface area contributed by atoms with Crippen molar-refractivity contribution in [3.8, 4) is 0 Å². The summed E-state index contributed by atoms with van der Waals surface area (Å²) in [6, 6.07) is 5.97. The highest BCUT2D eigenvalue weighted by atomic mass is 35.5. The summed E-state index contributed by atoms with van der Waals surface area (Å²) in [5.41, 5.74) is 1.10. The van der Waals surface area contributed by atoms with E-state index in [0.717, 1.165) is 20.5 Å². The number of rotatable bonds is 2. The van der Waals surface area contributed by atoms with Crippen LogP contribution in [-0.2, 0) is 4.79 Å². The number of hydrogen-bond donors (Lipinski definition) is 0. The van der Waals surface area contributed by atoms with E-state index in [1.54, 1.807) is 4.90 Å². The van der Waals surface area contributed by atoms with Gasteiger partial charge in [0, 0.05) is 55.4 Å². The Kier molecular flexibility index (Phi) is 5.25. The minimum absolute atomic E-state index is 0.0459. The molecule has 2 aliphatic heterocycles. The van der Waals surface area contributed by atoms with Crippen molar-refractivity contribution in [2.24, 2.45) is 0 Å². The quantitative estimate of drug-likeness (QED) is 0.711. The van der Waals surface area contributed by atoms with E-state index in [0.29, 0.717) is 36.1 Å². The number of halogens is 4. The lowest BCUT2D eigenvalue weighted by atomic mass is 10.1. The Bertz CT molecular complexity index is 963. The van der Waals surface area contributed by atoms with E-state index in [1.807, 2.05) is 30.0 Å². The van der Waals surface area contributed by atoms with Crippen LogP contribution < -0.4 is 0 Å². The van der Waals surface area contributed by atoms with Crippen LogP contribution in [0, 0.1) is 6.92 Å². The van der Waals surface area contributed by atoms with Crippen LogP contribution in [-0.4, -0.2) is 78.0 Å². The summed E-state index contributed by atoms with van der Waals surface area (Å²) in [5.74, 6) is -1.90. The zero-order chi connectivity index (χ0) is 20.9. The first-order chi connectivity index (χ1) is 13.6. The van der Waals surface area contributed by atoms with Gasteiger partial charge in [-0.1, -0.05) is 23.7 Å². The first-order valence-electron chi connectivity index (χ1n) is 9.23. The predicted molar refractivity (Wildman–Crippen MR) is 105 cm³/mol. The van der Waals surface area contributed by atoms with Crippen molar-refractivity contribution >= 4 is 44.8 Å². The van der Waals surface area contributed by atoms with E-state index in [-0.39, 0.29) is 25.0 Å². The maximum atomic E-state index is 12.8. The Morgan fingerprint density at radius 1 is 1.10 bits per heavy atom. The summed E-state index contributed by atoms with van der Waals surface area (Å²) in [7, 11) is 0. The van der Waals surface area contributed by atoms with Gasteiger partial charge in [-0.2, -0.15) is 13.2 Å². The minimum atomic E-state index is -4.83. The molecule has 0 saturated carbocycles. The van der Waals surface area contributed by atoms with Crippen LogP contribution in [0.1, 0.15) is 15.2 Å². The Morgan fingerprint density at radius 3 is 2.38 bits per heavy atom. The average molecular weight is 446 g/mol. The van der Waals surface area contributed by atoms with E-state index < -0.39 is 12.1 Å². The van der Waals surface area contributed by atoms with Crippen molar-refractivity contribution in [2.45, 2.75) is 19.1 Å². The molecule has 0 unspecified atom stereocenters. The lowest BCUT2D eigenvalue weighted by molar-refractivity contribution is -0.187. The standard InChI is InChI=1S/C19H19ClF3N3O2S/c1-11-2-3-13-14(8-11)29-16(15(13)20)17(27)26-9-12(10-26)24-4-6-25(7-5-24)18(28)19(21,22)23/h2-3,8,12H,4-7,9-10H2,1H3. The van der Waals surface area contributed by atoms with Crippen LogP contribution in [0.3, 0.4) is 0 Å². The highest BCUT2D eigenvalue weighted by molar-refractivity contribution is 7.21. The number of thiophene rings is 1. The summed E-state index contributed by atoms with van der Waals surface area (Å²) in [4.78, 5) is 29.3. The summed E-state index contributed by atoms with van der Waals surface area (Å²) in [6.45, 7) is 3.84. The number of piperazine rings is 1. The van der Waals surface area contributed by atoms with Crippen molar-refractivity contribution in [3.05, 3.63) is 33.7 Å². The second-order valence-electron chi connectivity index (χ2n) is 7.43. The predicted octanol–water partition coefficient (Wildman–Crippen LogP) is 3.39. The SMILES string of the molecule is Cc1ccc2c(Cl)c(C(=O)N3CC(N4CCN(C(=O)C(F)(F)F)CC4)C3)sc2c1. The van der Waals surface area contributed by atoms with Gasteiger partial charge in [-0.15, -0.1) is 11.3 Å². The first-order valence-corrected chi connectivity index (χ1v) is 10.4. The van der Waals surface area contributed by atoms with Gasteiger partial charge < -0.3 is 9.80 Å². The molecule has 2 saturated heterocycles. The van der Waals surface area contributed by atoms with Crippen molar-refractivity contribution in [1.82, 2.24) is 14.7 Å². The molecule has 29 heavy (non-hydrogen) atoms. The molecule has 10 heteroatoms. The van der Waals surface area contributed by atoms with E-state index in [1.165, 1.54) is 11.3 Å². The Labute approximate surface area is 174 Å². The fourth-order valence-electron chi connectivity index (χ4n) is 3.78. The van der Waals surface area contributed by atoms with Gasteiger partial charge in [-0.25, -0.2) is 0 Å². The summed E-state index contributed by atoms with van der Waals surface area (Å²) in [6.07, 6.45) is -4.83. The van der Waals surface area contributed by atoms with Crippen LogP contribution >= 0.6 is 22.9 Å². The number of nitrogens with zero attached hydrogens (tertiary/aromatic N) is 3. The van der Waals surface area contributed by atoms with Crippen LogP contribution in [0.5, 0.6) is 0 Å². The molecule has 156 valence electrons. The lowest BCUT2D eigenvalue weighted by Gasteiger charge is -2.48. The highest BCUT2D eigenvalue weighted by Gasteiger charge is 2.44. The van der Waals surface area contributed by atoms with Crippen LogP contribution in [0.15, 0.2) is 18.2 Å². The Balaban J connectivity index is 1.34. The van der Waals surface area contributed by atoms with E-state index in [2.05, 4.69) is 0 Å². The molecule has 3 heterocycles. The van der Waals surface area contributed by atoms with Gasteiger partial charge in [0.2, 0.25) is 0 Å². The third-order valence-electron chi connectivity index (χ3n) is 5.49. The Morgan fingerprint density at radius 2 is 1.76 bits per heavy atom. The average Bonchev–Trinajstić information content (AvgIpc) is 2.95. The fraction of sp³-hybridized carbons (Fsp3) is 0.474. The molecule has 0 aliphatic carbocycles. The van der Waals surface area contributed by atoms with Crippen LogP contribution in [0.25, 0.3) is 10.1 Å². The molecule has 2 amide bonds. The normalized spacial score (nSPS) is 18.9. The van der Waals surface area contributed by atoms with Gasteiger partial charge in [-0.05, 0) is 18.6 Å². The molecule has 2 aromatic rings. The molecule has 0 bridgehead atoms. The molecule has 2 aliphatic rings. The maximum Gasteiger partial charge on any atom is 0.471 e. The number of carbonyl (C=O) groups excluding carboxylic acids is 2. The summed E-state index contributed by atoms with van der Waals surface area (Å²) in [5, 5.41) is 1.34. The molecule has 4 rings (SSSR count). The molecule has 5 nitrogen and oxygen atoms in total. The second kappa shape index (κ2) is 7.45. The largest absolute Gasteiger partial charge is 0.471 e. The number of amides is 2. The van der Waals surface area contributed by atoms with Gasteiger partial charge in [-0.3, -0.25) is 14.5 Å². The minimum Gasteiger partial charge on any atom is -0.335 e. The summed E-state index contributed by atoms with van der Waals surface area (Å²) < 4.78 is 38.6. The van der Waals surface area contributed by atoms with Gasteiger partial charge in [0.05, 0.1) is 5.02 Å².